The van der Waals surface area contributed by atoms with Gasteiger partial charge in [-0.05, 0) is 48.7 Å². The fraction of sp³-hybridized carbons (Fsp3) is 0.318. The number of hydrogen-bond donors (Lipinski definition) is 2. The van der Waals surface area contributed by atoms with Crippen molar-refractivity contribution < 1.29 is 4.39 Å². The minimum absolute atomic E-state index is 0. The fourth-order valence-electron chi connectivity index (χ4n) is 3.07. The summed E-state index contributed by atoms with van der Waals surface area (Å²) in [7, 11) is 0. The van der Waals surface area contributed by atoms with Crippen LogP contribution >= 0.6 is 24.0 Å². The van der Waals surface area contributed by atoms with Gasteiger partial charge in [0.15, 0.2) is 5.96 Å². The molecular weight excluding hydrogens is 466 g/mol. The number of aliphatic imine (C=N–C) groups is 1. The molecule has 2 N–H and O–H groups in total. The lowest BCUT2D eigenvalue weighted by molar-refractivity contribution is 0.625. The Bertz CT molecular complexity index is 799. The molecule has 0 spiro atoms. The molecule has 0 unspecified atom stereocenters. The van der Waals surface area contributed by atoms with E-state index >= 15 is 0 Å². The summed E-state index contributed by atoms with van der Waals surface area (Å²) in [6.45, 7) is 6.10. The summed E-state index contributed by atoms with van der Waals surface area (Å²) < 4.78 is 13.3. The number of benzene rings is 2. The first-order valence-electron chi connectivity index (χ1n) is 9.50. The van der Waals surface area contributed by atoms with Gasteiger partial charge in [-0.2, -0.15) is 0 Å². The molecule has 4 nitrogen and oxygen atoms in total. The van der Waals surface area contributed by atoms with Crippen molar-refractivity contribution in [2.75, 3.05) is 31.1 Å². The smallest absolute Gasteiger partial charge is 0.191 e. The van der Waals surface area contributed by atoms with Crippen LogP contribution in [0.25, 0.3) is 0 Å². The maximum Gasteiger partial charge on any atom is 0.191 e. The molecule has 0 radical (unpaired) electrons. The summed E-state index contributed by atoms with van der Waals surface area (Å²) in [5.41, 5.74) is 3.39. The third-order valence-electron chi connectivity index (χ3n) is 4.45. The minimum Gasteiger partial charge on any atom is -0.364 e. The number of anilines is 1. The van der Waals surface area contributed by atoms with Crippen LogP contribution in [-0.4, -0.2) is 32.1 Å². The average Bonchev–Trinajstić information content (AvgIpc) is 3.21. The van der Waals surface area contributed by atoms with Crippen LogP contribution in [0.5, 0.6) is 0 Å². The summed E-state index contributed by atoms with van der Waals surface area (Å²) in [4.78, 5) is 7.02. The van der Waals surface area contributed by atoms with Gasteiger partial charge in [0.25, 0.3) is 0 Å². The number of rotatable bonds is 7. The largest absolute Gasteiger partial charge is 0.364 e. The first-order chi connectivity index (χ1) is 13.2. The molecule has 150 valence electrons. The van der Waals surface area contributed by atoms with E-state index < -0.39 is 0 Å². The number of halogens is 2. The summed E-state index contributed by atoms with van der Waals surface area (Å²) in [5, 5.41) is 6.59. The molecule has 0 fully saturated rings. The van der Waals surface area contributed by atoms with E-state index in [-0.39, 0.29) is 29.8 Å². The second-order valence-electron chi connectivity index (χ2n) is 6.55. The van der Waals surface area contributed by atoms with Gasteiger partial charge in [0.1, 0.15) is 5.82 Å². The Morgan fingerprint density at radius 3 is 2.54 bits per heavy atom. The van der Waals surface area contributed by atoms with Crippen LogP contribution in [0.3, 0.4) is 0 Å². The molecule has 1 aliphatic heterocycles. The normalized spacial score (nSPS) is 13.4. The zero-order valence-corrected chi connectivity index (χ0v) is 18.5. The number of guanidine groups is 1. The Morgan fingerprint density at radius 2 is 1.79 bits per heavy atom. The highest BCUT2D eigenvalue weighted by atomic mass is 127. The fourth-order valence-corrected chi connectivity index (χ4v) is 3.07. The van der Waals surface area contributed by atoms with E-state index in [4.69, 9.17) is 0 Å². The molecule has 0 aliphatic carbocycles. The molecule has 3 rings (SSSR count). The zero-order chi connectivity index (χ0) is 18.9. The van der Waals surface area contributed by atoms with Gasteiger partial charge < -0.3 is 15.5 Å². The van der Waals surface area contributed by atoms with Crippen molar-refractivity contribution in [3.05, 3.63) is 77.6 Å². The van der Waals surface area contributed by atoms with Crippen molar-refractivity contribution >= 4 is 35.6 Å². The predicted molar refractivity (Wildman–Crippen MR) is 126 cm³/mol. The highest BCUT2D eigenvalue weighted by molar-refractivity contribution is 14.0. The molecule has 2 aromatic carbocycles. The van der Waals surface area contributed by atoms with E-state index in [2.05, 4.69) is 56.9 Å². The summed E-state index contributed by atoms with van der Waals surface area (Å²) >= 11 is 0. The van der Waals surface area contributed by atoms with Gasteiger partial charge in [0, 0.05) is 31.9 Å². The minimum atomic E-state index is -0.193. The molecule has 0 saturated carbocycles. The third-order valence-corrected chi connectivity index (χ3v) is 4.45. The molecule has 0 bridgehead atoms. The highest BCUT2D eigenvalue weighted by Gasteiger charge is 2.07. The molecular formula is C22H28FIN4. The van der Waals surface area contributed by atoms with Crippen LogP contribution in [0, 0.1) is 5.82 Å². The average molecular weight is 494 g/mol. The first kappa shape index (κ1) is 22.2. The van der Waals surface area contributed by atoms with Crippen molar-refractivity contribution in [2.45, 2.75) is 19.9 Å². The van der Waals surface area contributed by atoms with E-state index in [1.54, 1.807) is 12.1 Å². The van der Waals surface area contributed by atoms with E-state index in [1.165, 1.54) is 17.3 Å². The lowest BCUT2D eigenvalue weighted by Gasteiger charge is -2.18. The first-order valence-corrected chi connectivity index (χ1v) is 9.50. The highest BCUT2D eigenvalue weighted by Crippen LogP contribution is 2.18. The molecule has 0 saturated heterocycles. The maximum absolute atomic E-state index is 13.3. The summed E-state index contributed by atoms with van der Waals surface area (Å²) in [6.07, 6.45) is 5.13. The second-order valence-corrected chi connectivity index (χ2v) is 6.55. The van der Waals surface area contributed by atoms with E-state index in [9.17, 15) is 4.39 Å². The molecule has 1 aliphatic rings. The lowest BCUT2D eigenvalue weighted by Crippen LogP contribution is -2.38. The zero-order valence-electron chi connectivity index (χ0n) is 16.2. The Hall–Kier alpha value is -2.09. The van der Waals surface area contributed by atoms with Gasteiger partial charge in [0.2, 0.25) is 0 Å². The Kier molecular flexibility index (Phi) is 9.27. The predicted octanol–water partition coefficient (Wildman–Crippen LogP) is 4.12. The molecule has 1 heterocycles. The van der Waals surface area contributed by atoms with Crippen molar-refractivity contribution in [1.82, 2.24) is 10.6 Å². The van der Waals surface area contributed by atoms with Gasteiger partial charge >= 0.3 is 0 Å². The number of nitrogens with zero attached hydrogens (tertiary/aromatic N) is 2. The van der Waals surface area contributed by atoms with E-state index in [0.717, 1.165) is 37.6 Å². The van der Waals surface area contributed by atoms with Crippen molar-refractivity contribution in [1.29, 1.82) is 0 Å². The van der Waals surface area contributed by atoms with Crippen LogP contribution < -0.4 is 15.5 Å². The molecule has 6 heteroatoms. The van der Waals surface area contributed by atoms with Crippen LogP contribution in [0.4, 0.5) is 10.1 Å². The molecule has 28 heavy (non-hydrogen) atoms. The van der Waals surface area contributed by atoms with Crippen LogP contribution in [0.2, 0.25) is 0 Å². The Balaban J connectivity index is 0.00000280. The van der Waals surface area contributed by atoms with Gasteiger partial charge in [-0.15, -0.1) is 24.0 Å². The van der Waals surface area contributed by atoms with Crippen molar-refractivity contribution in [3.8, 4) is 0 Å². The van der Waals surface area contributed by atoms with Gasteiger partial charge in [-0.3, -0.25) is 0 Å². The summed E-state index contributed by atoms with van der Waals surface area (Å²) in [5.74, 6) is 0.586. The molecule has 0 amide bonds. The summed E-state index contributed by atoms with van der Waals surface area (Å²) in [6, 6.07) is 15.3. The van der Waals surface area contributed by atoms with Crippen LogP contribution in [0.1, 0.15) is 18.1 Å². The third kappa shape index (κ3) is 6.82. The van der Waals surface area contributed by atoms with Gasteiger partial charge in [-0.25, -0.2) is 9.38 Å². The van der Waals surface area contributed by atoms with Crippen LogP contribution in [0.15, 0.2) is 65.7 Å². The van der Waals surface area contributed by atoms with E-state index in [0.29, 0.717) is 13.1 Å². The maximum atomic E-state index is 13.3. The molecule has 0 atom stereocenters. The monoisotopic (exact) mass is 494 g/mol. The molecule has 2 aromatic rings. The number of hydrogen-bond acceptors (Lipinski definition) is 2. The second kappa shape index (κ2) is 11.7. The van der Waals surface area contributed by atoms with E-state index in [1.807, 2.05) is 13.0 Å². The lowest BCUT2D eigenvalue weighted by atomic mass is 10.1. The van der Waals surface area contributed by atoms with Gasteiger partial charge in [-0.1, -0.05) is 36.4 Å². The SMILES string of the molecule is CCNC(=NCc1cccc(N2CC=CC2)c1)NCCc1cccc(F)c1.I. The Labute approximate surface area is 184 Å². The Morgan fingerprint density at radius 1 is 1.04 bits per heavy atom. The number of nitrogens with one attached hydrogen (secondary N) is 2. The van der Waals surface area contributed by atoms with Crippen molar-refractivity contribution in [2.24, 2.45) is 4.99 Å². The quantitative estimate of drug-likeness (QED) is 0.264. The topological polar surface area (TPSA) is 39.7 Å². The molecule has 0 aromatic heterocycles. The standard InChI is InChI=1S/C22H27FN4.HI/c1-2-24-22(25-12-11-18-7-5-9-20(23)15-18)26-17-19-8-6-10-21(16-19)27-13-3-4-14-27;/h3-10,15-16H,2,11-14,17H2,1H3,(H2,24,25,26);1H. The van der Waals surface area contributed by atoms with Crippen LogP contribution in [-0.2, 0) is 13.0 Å². The van der Waals surface area contributed by atoms with Gasteiger partial charge in [0.05, 0.1) is 6.54 Å². The van der Waals surface area contributed by atoms with Crippen molar-refractivity contribution in [3.63, 3.8) is 0 Å².